The predicted molar refractivity (Wildman–Crippen MR) is 54.8 cm³/mol. The monoisotopic (exact) mass is 260 g/mol. The van der Waals surface area contributed by atoms with Gasteiger partial charge in [0.2, 0.25) is 0 Å². The lowest BCUT2D eigenvalue weighted by Crippen LogP contribution is -1.99. The van der Waals surface area contributed by atoms with E-state index in [0.29, 0.717) is 16.5 Å². The van der Waals surface area contributed by atoms with Gasteiger partial charge in [0.15, 0.2) is 0 Å². The van der Waals surface area contributed by atoms with Gasteiger partial charge in [-0.05, 0) is 30.5 Å². The third-order valence-electron chi connectivity index (χ3n) is 1.94. The molecule has 0 unspecified atom stereocenters. The smallest absolute Gasteiger partial charge is 0.303 e. The van der Waals surface area contributed by atoms with Crippen molar-refractivity contribution in [3.8, 4) is 0 Å². The molecule has 1 rings (SSSR count). The molecular formula is C10H10BrFO2. The summed E-state index contributed by atoms with van der Waals surface area (Å²) < 4.78 is 13.6. The van der Waals surface area contributed by atoms with Crippen molar-refractivity contribution < 1.29 is 14.3 Å². The number of carboxylic acid groups (broad SMARTS) is 1. The van der Waals surface area contributed by atoms with Crippen LogP contribution in [0.2, 0.25) is 0 Å². The lowest BCUT2D eigenvalue weighted by atomic mass is 10.1. The van der Waals surface area contributed by atoms with Crippen molar-refractivity contribution in [1.29, 1.82) is 0 Å². The minimum Gasteiger partial charge on any atom is -0.481 e. The second kappa shape index (κ2) is 4.55. The van der Waals surface area contributed by atoms with Crippen LogP contribution in [0, 0.1) is 12.7 Å². The summed E-state index contributed by atoms with van der Waals surface area (Å²) in [6.07, 6.45) is 0.473. The first-order valence-corrected chi connectivity index (χ1v) is 4.96. The first kappa shape index (κ1) is 11.2. The van der Waals surface area contributed by atoms with E-state index >= 15 is 0 Å². The molecule has 0 radical (unpaired) electrons. The zero-order valence-corrected chi connectivity index (χ0v) is 9.27. The van der Waals surface area contributed by atoms with E-state index in [2.05, 4.69) is 15.9 Å². The van der Waals surface area contributed by atoms with Gasteiger partial charge in [0.05, 0.1) is 0 Å². The fraction of sp³-hybridized carbons (Fsp3) is 0.300. The number of rotatable bonds is 3. The number of aryl methyl sites for hydroxylation is 2. The molecule has 4 heteroatoms. The minimum absolute atomic E-state index is 0.0592. The summed E-state index contributed by atoms with van der Waals surface area (Å²) in [6, 6.07) is 3.04. The van der Waals surface area contributed by atoms with Crippen molar-refractivity contribution >= 4 is 21.9 Å². The maximum atomic E-state index is 13.0. The fourth-order valence-corrected chi connectivity index (χ4v) is 1.66. The topological polar surface area (TPSA) is 37.3 Å². The third-order valence-corrected chi connectivity index (χ3v) is 2.67. The Morgan fingerprint density at radius 3 is 2.79 bits per heavy atom. The average Bonchev–Trinajstić information content (AvgIpc) is 2.09. The zero-order chi connectivity index (χ0) is 10.7. The van der Waals surface area contributed by atoms with Gasteiger partial charge >= 0.3 is 5.97 Å². The molecule has 0 fully saturated rings. The summed E-state index contributed by atoms with van der Waals surface area (Å²) in [7, 11) is 0. The number of halogens is 2. The van der Waals surface area contributed by atoms with Gasteiger partial charge < -0.3 is 5.11 Å². The molecule has 14 heavy (non-hydrogen) atoms. The molecule has 1 N–H and O–H groups in total. The van der Waals surface area contributed by atoms with E-state index in [-0.39, 0.29) is 12.2 Å². The van der Waals surface area contributed by atoms with E-state index < -0.39 is 5.97 Å². The predicted octanol–water partition coefficient (Wildman–Crippen LogP) is 2.91. The van der Waals surface area contributed by atoms with E-state index in [1.165, 1.54) is 6.07 Å². The summed E-state index contributed by atoms with van der Waals surface area (Å²) in [5.41, 5.74) is 1.36. The molecule has 1 aromatic carbocycles. The average molecular weight is 261 g/mol. The van der Waals surface area contributed by atoms with Crippen LogP contribution in [0.3, 0.4) is 0 Å². The number of hydrogen-bond acceptors (Lipinski definition) is 1. The number of carboxylic acids is 1. The first-order valence-electron chi connectivity index (χ1n) is 4.17. The quantitative estimate of drug-likeness (QED) is 0.908. The molecule has 76 valence electrons. The maximum Gasteiger partial charge on any atom is 0.303 e. The summed E-state index contributed by atoms with van der Waals surface area (Å²) in [5, 5.41) is 8.50. The van der Waals surface area contributed by atoms with Crippen LogP contribution < -0.4 is 0 Å². The van der Waals surface area contributed by atoms with Crippen LogP contribution in [-0.4, -0.2) is 11.1 Å². The number of hydrogen-bond donors (Lipinski definition) is 1. The molecule has 0 aliphatic heterocycles. The summed E-state index contributed by atoms with van der Waals surface area (Å²) in [6.45, 7) is 1.66. The summed E-state index contributed by atoms with van der Waals surface area (Å²) in [4.78, 5) is 10.3. The van der Waals surface area contributed by atoms with Gasteiger partial charge in [0.1, 0.15) is 5.82 Å². The Hall–Kier alpha value is -0.900. The second-order valence-corrected chi connectivity index (χ2v) is 3.94. The molecular weight excluding hydrogens is 251 g/mol. The Morgan fingerprint density at radius 2 is 2.21 bits per heavy atom. The number of carbonyl (C=O) groups is 1. The van der Waals surface area contributed by atoms with Crippen LogP contribution in [-0.2, 0) is 11.2 Å². The molecule has 1 aromatic rings. The van der Waals surface area contributed by atoms with Crippen LogP contribution in [0.15, 0.2) is 16.6 Å². The highest BCUT2D eigenvalue weighted by Crippen LogP contribution is 2.22. The SMILES string of the molecule is Cc1cc(CCC(=O)O)c(Br)cc1F. The first-order chi connectivity index (χ1) is 6.50. The Bertz CT molecular complexity index is 363. The van der Waals surface area contributed by atoms with Gasteiger partial charge in [-0.2, -0.15) is 0 Å². The molecule has 0 saturated carbocycles. The van der Waals surface area contributed by atoms with Gasteiger partial charge in [-0.15, -0.1) is 0 Å². The maximum absolute atomic E-state index is 13.0. The van der Waals surface area contributed by atoms with Crippen LogP contribution in [0.5, 0.6) is 0 Å². The Balaban J connectivity index is 2.87. The van der Waals surface area contributed by atoms with Crippen molar-refractivity contribution in [2.24, 2.45) is 0 Å². The Morgan fingerprint density at radius 1 is 1.57 bits per heavy atom. The van der Waals surface area contributed by atoms with Gasteiger partial charge in [-0.1, -0.05) is 22.0 Å². The highest BCUT2D eigenvalue weighted by atomic mass is 79.9. The van der Waals surface area contributed by atoms with Gasteiger partial charge in [0.25, 0.3) is 0 Å². The molecule has 0 aromatic heterocycles. The van der Waals surface area contributed by atoms with E-state index in [0.717, 1.165) is 5.56 Å². The van der Waals surface area contributed by atoms with Gasteiger partial charge in [0, 0.05) is 10.9 Å². The van der Waals surface area contributed by atoms with Crippen molar-refractivity contribution in [2.45, 2.75) is 19.8 Å². The van der Waals surface area contributed by atoms with Gasteiger partial charge in [-0.25, -0.2) is 4.39 Å². The number of aliphatic carboxylic acids is 1. The van der Waals surface area contributed by atoms with Gasteiger partial charge in [-0.3, -0.25) is 4.79 Å². The normalized spacial score (nSPS) is 10.2. The van der Waals surface area contributed by atoms with Crippen LogP contribution in [0.1, 0.15) is 17.5 Å². The lowest BCUT2D eigenvalue weighted by molar-refractivity contribution is -0.136. The van der Waals surface area contributed by atoms with Crippen molar-refractivity contribution in [3.63, 3.8) is 0 Å². The molecule has 0 aliphatic rings. The number of benzene rings is 1. The minimum atomic E-state index is -0.848. The largest absolute Gasteiger partial charge is 0.481 e. The second-order valence-electron chi connectivity index (χ2n) is 3.09. The molecule has 0 aliphatic carbocycles. The van der Waals surface area contributed by atoms with E-state index in [9.17, 15) is 9.18 Å². The molecule has 0 spiro atoms. The Labute approximate surface area is 89.9 Å². The standard InChI is InChI=1S/C10H10BrFO2/c1-6-4-7(2-3-10(13)14)8(11)5-9(6)12/h4-5H,2-3H2,1H3,(H,13,14). The fourth-order valence-electron chi connectivity index (χ4n) is 1.15. The van der Waals surface area contributed by atoms with Crippen molar-refractivity contribution in [2.75, 3.05) is 0 Å². The van der Waals surface area contributed by atoms with Crippen molar-refractivity contribution in [3.05, 3.63) is 33.5 Å². The van der Waals surface area contributed by atoms with Crippen LogP contribution in [0.4, 0.5) is 4.39 Å². The molecule has 2 nitrogen and oxygen atoms in total. The molecule has 0 atom stereocenters. The lowest BCUT2D eigenvalue weighted by Gasteiger charge is -2.05. The van der Waals surface area contributed by atoms with Crippen LogP contribution >= 0.6 is 15.9 Å². The Kier molecular flexibility index (Phi) is 3.63. The highest BCUT2D eigenvalue weighted by Gasteiger charge is 2.06. The molecule has 0 heterocycles. The van der Waals surface area contributed by atoms with E-state index in [4.69, 9.17) is 5.11 Å². The van der Waals surface area contributed by atoms with E-state index in [1.807, 2.05) is 0 Å². The summed E-state index contributed by atoms with van der Waals surface area (Å²) >= 11 is 3.20. The highest BCUT2D eigenvalue weighted by molar-refractivity contribution is 9.10. The van der Waals surface area contributed by atoms with Crippen LogP contribution in [0.25, 0.3) is 0 Å². The molecule has 0 bridgehead atoms. The zero-order valence-electron chi connectivity index (χ0n) is 7.68. The van der Waals surface area contributed by atoms with Crippen molar-refractivity contribution in [1.82, 2.24) is 0 Å². The molecule has 0 amide bonds. The summed E-state index contributed by atoms with van der Waals surface area (Å²) in [5.74, 6) is -1.13. The van der Waals surface area contributed by atoms with E-state index in [1.54, 1.807) is 13.0 Å². The molecule has 0 saturated heterocycles. The third kappa shape index (κ3) is 2.80.